The Hall–Kier alpha value is -2.86. The smallest absolute Gasteiger partial charge is 0.264 e. The lowest BCUT2D eigenvalue weighted by Gasteiger charge is -2.26. The molecule has 0 radical (unpaired) electrons. The Morgan fingerprint density at radius 1 is 0.929 bits per heavy atom. The maximum Gasteiger partial charge on any atom is 0.264 e. The van der Waals surface area contributed by atoms with E-state index in [4.69, 9.17) is 4.74 Å². The van der Waals surface area contributed by atoms with E-state index in [1.807, 2.05) is 31.2 Å². The van der Waals surface area contributed by atoms with Crippen molar-refractivity contribution in [2.45, 2.75) is 25.3 Å². The molecule has 4 nitrogen and oxygen atoms in total. The number of hydrogen-bond acceptors (Lipinski definition) is 3. The maximum atomic E-state index is 13.9. The van der Waals surface area contributed by atoms with Gasteiger partial charge in [-0.3, -0.25) is 4.31 Å². The second kappa shape index (κ2) is 8.02. The summed E-state index contributed by atoms with van der Waals surface area (Å²) in [5.41, 5.74) is 2.77. The molecule has 0 saturated carbocycles. The maximum absolute atomic E-state index is 13.9. The van der Waals surface area contributed by atoms with Crippen molar-refractivity contribution in [3.63, 3.8) is 0 Å². The van der Waals surface area contributed by atoms with E-state index < -0.39 is 15.8 Å². The van der Waals surface area contributed by atoms with Crippen molar-refractivity contribution in [3.05, 3.63) is 89.2 Å². The summed E-state index contributed by atoms with van der Waals surface area (Å²) in [6.45, 7) is 3.71. The third-order valence-electron chi connectivity index (χ3n) is 4.63. The fraction of sp³-hybridized carbons (Fsp3) is 0.182. The molecule has 0 heterocycles. The highest BCUT2D eigenvalue weighted by molar-refractivity contribution is 7.92. The first-order valence-corrected chi connectivity index (χ1v) is 10.2. The van der Waals surface area contributed by atoms with Crippen LogP contribution in [0.2, 0.25) is 0 Å². The third kappa shape index (κ3) is 4.02. The summed E-state index contributed by atoms with van der Waals surface area (Å²) < 4.78 is 47.5. The molecule has 0 aliphatic carbocycles. The van der Waals surface area contributed by atoms with Gasteiger partial charge in [-0.2, -0.15) is 0 Å². The highest BCUT2D eigenvalue weighted by Gasteiger charge is 2.28. The Kier molecular flexibility index (Phi) is 5.70. The number of sulfonamides is 1. The van der Waals surface area contributed by atoms with Gasteiger partial charge in [0.15, 0.2) is 0 Å². The summed E-state index contributed by atoms with van der Waals surface area (Å²) in [4.78, 5) is -0.0519. The number of anilines is 1. The summed E-state index contributed by atoms with van der Waals surface area (Å²) in [6, 6.07) is 18.2. The zero-order chi connectivity index (χ0) is 20.3. The fourth-order valence-electron chi connectivity index (χ4n) is 2.99. The first-order chi connectivity index (χ1) is 13.3. The highest BCUT2D eigenvalue weighted by atomic mass is 32.2. The zero-order valence-electron chi connectivity index (χ0n) is 16.0. The van der Waals surface area contributed by atoms with Crippen molar-refractivity contribution in [3.8, 4) is 5.75 Å². The molecule has 0 fully saturated rings. The minimum Gasteiger partial charge on any atom is -0.497 e. The van der Waals surface area contributed by atoms with E-state index in [1.165, 1.54) is 23.5 Å². The predicted octanol–water partition coefficient (Wildman–Crippen LogP) is 4.85. The van der Waals surface area contributed by atoms with E-state index in [1.54, 1.807) is 31.2 Å². The topological polar surface area (TPSA) is 46.6 Å². The van der Waals surface area contributed by atoms with Crippen molar-refractivity contribution < 1.29 is 17.5 Å². The number of aryl methyl sites for hydroxylation is 2. The summed E-state index contributed by atoms with van der Waals surface area (Å²) in [7, 11) is -2.49. The highest BCUT2D eigenvalue weighted by Crippen LogP contribution is 2.30. The molecule has 0 N–H and O–H groups in total. The number of methoxy groups -OCH3 is 1. The molecule has 0 aliphatic heterocycles. The molecule has 0 unspecified atom stereocenters. The normalized spacial score (nSPS) is 11.3. The van der Waals surface area contributed by atoms with Crippen LogP contribution in [0.4, 0.5) is 10.1 Å². The molecule has 3 rings (SSSR count). The van der Waals surface area contributed by atoms with Crippen LogP contribution in [0, 0.1) is 19.7 Å². The van der Waals surface area contributed by atoms with E-state index in [0.717, 1.165) is 17.2 Å². The van der Waals surface area contributed by atoms with Gasteiger partial charge in [-0.1, -0.05) is 36.4 Å². The quantitative estimate of drug-likeness (QED) is 0.595. The van der Waals surface area contributed by atoms with Gasteiger partial charge in [0.25, 0.3) is 10.0 Å². The lowest BCUT2D eigenvalue weighted by molar-refractivity contribution is 0.415. The number of hydrogen-bond donors (Lipinski definition) is 0. The molecule has 0 spiro atoms. The summed E-state index contributed by atoms with van der Waals surface area (Å²) in [6.07, 6.45) is 0. The molecular weight excluding hydrogens is 377 g/mol. The minimum atomic E-state index is -4.01. The summed E-state index contributed by atoms with van der Waals surface area (Å²) in [5.74, 6) is -0.0518. The van der Waals surface area contributed by atoms with Crippen molar-refractivity contribution in [2.24, 2.45) is 0 Å². The van der Waals surface area contributed by atoms with Gasteiger partial charge in [0.2, 0.25) is 0 Å². The molecule has 0 saturated heterocycles. The van der Waals surface area contributed by atoms with Crippen LogP contribution in [0.25, 0.3) is 0 Å². The van der Waals surface area contributed by atoms with E-state index >= 15 is 0 Å². The number of halogens is 1. The molecular formula is C22H22FNO3S. The largest absolute Gasteiger partial charge is 0.497 e. The second-order valence-electron chi connectivity index (χ2n) is 6.55. The van der Waals surface area contributed by atoms with Crippen LogP contribution in [-0.2, 0) is 16.6 Å². The van der Waals surface area contributed by atoms with Gasteiger partial charge in [-0.15, -0.1) is 0 Å². The van der Waals surface area contributed by atoms with Gasteiger partial charge in [-0.25, -0.2) is 12.8 Å². The number of ether oxygens (including phenoxy) is 1. The molecule has 0 aromatic heterocycles. The molecule has 6 heteroatoms. The summed E-state index contributed by atoms with van der Waals surface area (Å²) in [5, 5.41) is 0. The number of benzene rings is 3. The monoisotopic (exact) mass is 399 g/mol. The van der Waals surface area contributed by atoms with E-state index in [-0.39, 0.29) is 11.4 Å². The molecule has 0 aliphatic rings. The first-order valence-electron chi connectivity index (χ1n) is 8.80. The van der Waals surface area contributed by atoms with Crippen LogP contribution in [0.3, 0.4) is 0 Å². The van der Waals surface area contributed by atoms with Crippen molar-refractivity contribution in [1.29, 1.82) is 0 Å². The molecule has 3 aromatic rings. The van der Waals surface area contributed by atoms with Gasteiger partial charge >= 0.3 is 0 Å². The Balaban J connectivity index is 2.17. The number of nitrogens with zero attached hydrogens (tertiary/aromatic N) is 1. The Morgan fingerprint density at radius 3 is 2.39 bits per heavy atom. The minimum absolute atomic E-state index is 0.0519. The Morgan fingerprint density at radius 2 is 1.68 bits per heavy atom. The van der Waals surface area contributed by atoms with Crippen LogP contribution in [-0.4, -0.2) is 15.5 Å². The predicted molar refractivity (Wildman–Crippen MR) is 109 cm³/mol. The average Bonchev–Trinajstić information content (AvgIpc) is 2.69. The van der Waals surface area contributed by atoms with Gasteiger partial charge < -0.3 is 4.74 Å². The van der Waals surface area contributed by atoms with Crippen molar-refractivity contribution >= 4 is 15.7 Å². The second-order valence-corrected chi connectivity index (χ2v) is 8.38. The Labute approximate surface area is 165 Å². The molecule has 0 atom stereocenters. The van der Waals surface area contributed by atoms with Crippen LogP contribution in [0.5, 0.6) is 5.75 Å². The molecule has 0 bridgehead atoms. The molecule has 28 heavy (non-hydrogen) atoms. The first kappa shape index (κ1) is 19.9. The van der Waals surface area contributed by atoms with E-state index in [0.29, 0.717) is 17.0 Å². The third-order valence-corrected chi connectivity index (χ3v) is 6.55. The van der Waals surface area contributed by atoms with Crippen LogP contribution in [0.15, 0.2) is 71.6 Å². The fourth-order valence-corrected chi connectivity index (χ4v) is 4.67. The average molecular weight is 399 g/mol. The van der Waals surface area contributed by atoms with Crippen molar-refractivity contribution in [2.75, 3.05) is 11.4 Å². The van der Waals surface area contributed by atoms with Gasteiger partial charge in [0, 0.05) is 6.07 Å². The lowest BCUT2D eigenvalue weighted by Crippen LogP contribution is -2.31. The van der Waals surface area contributed by atoms with Gasteiger partial charge in [0.05, 0.1) is 24.2 Å². The SMILES string of the molecule is COc1cccc(N(Cc2ccccc2C)S(=O)(=O)c2cc(F)ccc2C)c1. The molecule has 0 amide bonds. The van der Waals surface area contributed by atoms with Crippen LogP contribution in [0.1, 0.15) is 16.7 Å². The Bertz CT molecular complexity index is 1100. The zero-order valence-corrected chi connectivity index (χ0v) is 16.8. The molecule has 146 valence electrons. The van der Waals surface area contributed by atoms with Crippen LogP contribution >= 0.6 is 0 Å². The van der Waals surface area contributed by atoms with Crippen LogP contribution < -0.4 is 9.04 Å². The number of rotatable bonds is 6. The van der Waals surface area contributed by atoms with Gasteiger partial charge in [-0.05, 0) is 54.8 Å². The molecule has 3 aromatic carbocycles. The van der Waals surface area contributed by atoms with Gasteiger partial charge in [0.1, 0.15) is 11.6 Å². The van der Waals surface area contributed by atoms with E-state index in [2.05, 4.69) is 0 Å². The van der Waals surface area contributed by atoms with Crippen molar-refractivity contribution in [1.82, 2.24) is 0 Å². The lowest BCUT2D eigenvalue weighted by atomic mass is 10.1. The summed E-state index contributed by atoms with van der Waals surface area (Å²) >= 11 is 0. The standard InChI is InChI=1S/C22H22FNO3S/c1-16-7-4-5-8-18(16)15-24(20-9-6-10-21(14-20)27-3)28(25,26)22-13-19(23)12-11-17(22)2/h4-14H,15H2,1-3H3. The van der Waals surface area contributed by atoms with E-state index in [9.17, 15) is 12.8 Å².